The normalized spacial score (nSPS) is 11.9. The van der Waals surface area contributed by atoms with Crippen LogP contribution in [-0.2, 0) is 4.79 Å². The van der Waals surface area contributed by atoms with Crippen molar-refractivity contribution < 1.29 is 14.6 Å². The first kappa shape index (κ1) is 13.2. The van der Waals surface area contributed by atoms with Gasteiger partial charge in [-0.2, -0.15) is 4.98 Å². The Morgan fingerprint density at radius 3 is 2.88 bits per heavy atom. The molecule has 0 bridgehead atoms. The van der Waals surface area contributed by atoms with Crippen molar-refractivity contribution in [3.63, 3.8) is 0 Å². The number of nitrogens with one attached hydrogen (secondary N) is 1. The summed E-state index contributed by atoms with van der Waals surface area (Å²) in [6, 6.07) is 1.72. The van der Waals surface area contributed by atoms with Crippen LogP contribution in [0, 0.1) is 6.92 Å². The van der Waals surface area contributed by atoms with Gasteiger partial charge in [-0.1, -0.05) is 0 Å². The first-order valence-corrected chi connectivity index (χ1v) is 5.39. The van der Waals surface area contributed by atoms with Gasteiger partial charge in [-0.3, -0.25) is 4.79 Å². The second-order valence-corrected chi connectivity index (χ2v) is 3.82. The molecule has 0 amide bonds. The summed E-state index contributed by atoms with van der Waals surface area (Å²) in [7, 11) is 1.54. The summed E-state index contributed by atoms with van der Waals surface area (Å²) in [5.41, 5.74) is 0. The quantitative estimate of drug-likeness (QED) is 0.781. The van der Waals surface area contributed by atoms with E-state index >= 15 is 0 Å². The molecule has 2 N–H and O–H groups in total. The first-order valence-electron chi connectivity index (χ1n) is 5.39. The van der Waals surface area contributed by atoms with Crippen LogP contribution in [0.15, 0.2) is 6.07 Å². The fourth-order valence-corrected chi connectivity index (χ4v) is 1.38. The number of methoxy groups -OCH3 is 1. The lowest BCUT2D eigenvalue weighted by atomic mass is 10.2. The molecule has 1 atom stereocenters. The Hall–Kier alpha value is -1.85. The van der Waals surface area contributed by atoms with Crippen LogP contribution < -0.4 is 10.1 Å². The van der Waals surface area contributed by atoms with Gasteiger partial charge >= 0.3 is 5.97 Å². The van der Waals surface area contributed by atoms with Crippen molar-refractivity contribution in [3.8, 4) is 5.88 Å². The molecular weight excluding hydrogens is 222 g/mol. The number of aromatic nitrogens is 2. The lowest BCUT2D eigenvalue weighted by Crippen LogP contribution is -2.17. The van der Waals surface area contributed by atoms with Gasteiger partial charge in [0.2, 0.25) is 5.88 Å². The Morgan fingerprint density at radius 2 is 2.29 bits per heavy atom. The highest BCUT2D eigenvalue weighted by Crippen LogP contribution is 2.14. The summed E-state index contributed by atoms with van der Waals surface area (Å²) in [5.74, 6) is 0.949. The number of carboxylic acids is 1. The summed E-state index contributed by atoms with van der Waals surface area (Å²) >= 11 is 0. The van der Waals surface area contributed by atoms with Crippen LogP contribution >= 0.6 is 0 Å². The average Bonchev–Trinajstić information content (AvgIpc) is 2.25. The largest absolute Gasteiger partial charge is 0.481 e. The number of nitrogens with zero attached hydrogens (tertiary/aromatic N) is 2. The van der Waals surface area contributed by atoms with Crippen molar-refractivity contribution in [2.24, 2.45) is 0 Å². The predicted molar refractivity (Wildman–Crippen MR) is 63.3 cm³/mol. The number of carbonyl (C=O) groups is 1. The molecular formula is C11H17N3O3. The van der Waals surface area contributed by atoms with Crippen LogP contribution in [0.3, 0.4) is 0 Å². The Kier molecular flexibility index (Phi) is 4.68. The predicted octanol–water partition coefficient (Wildman–Crippen LogP) is 1.46. The lowest BCUT2D eigenvalue weighted by molar-refractivity contribution is -0.137. The fraction of sp³-hybridized carbons (Fsp3) is 0.545. The highest BCUT2D eigenvalue weighted by Gasteiger charge is 2.08. The molecule has 0 aromatic carbocycles. The fourth-order valence-electron chi connectivity index (χ4n) is 1.38. The SMILES string of the molecule is COc1cc(NC(C)CCC(=O)O)nc(C)n1. The molecule has 0 saturated heterocycles. The summed E-state index contributed by atoms with van der Waals surface area (Å²) in [5, 5.41) is 11.7. The highest BCUT2D eigenvalue weighted by atomic mass is 16.5. The summed E-state index contributed by atoms with van der Waals surface area (Å²) < 4.78 is 5.03. The van der Waals surface area contributed by atoms with E-state index in [0.29, 0.717) is 23.9 Å². The van der Waals surface area contributed by atoms with E-state index in [4.69, 9.17) is 9.84 Å². The van der Waals surface area contributed by atoms with Crippen molar-refractivity contribution in [1.29, 1.82) is 0 Å². The minimum Gasteiger partial charge on any atom is -0.481 e. The maximum Gasteiger partial charge on any atom is 0.303 e. The van der Waals surface area contributed by atoms with Crippen LogP contribution in [0.2, 0.25) is 0 Å². The second-order valence-electron chi connectivity index (χ2n) is 3.82. The van der Waals surface area contributed by atoms with Gasteiger partial charge in [0.15, 0.2) is 0 Å². The Bertz CT molecular complexity index is 396. The third-order valence-electron chi connectivity index (χ3n) is 2.21. The minimum absolute atomic E-state index is 0.0325. The molecule has 17 heavy (non-hydrogen) atoms. The molecule has 1 rings (SSSR count). The van der Waals surface area contributed by atoms with E-state index in [1.165, 1.54) is 0 Å². The highest BCUT2D eigenvalue weighted by molar-refractivity contribution is 5.66. The molecule has 94 valence electrons. The zero-order chi connectivity index (χ0) is 12.8. The van der Waals surface area contributed by atoms with E-state index in [0.717, 1.165) is 0 Å². The van der Waals surface area contributed by atoms with E-state index in [1.807, 2.05) is 6.92 Å². The van der Waals surface area contributed by atoms with E-state index < -0.39 is 5.97 Å². The summed E-state index contributed by atoms with van der Waals surface area (Å²) in [6.07, 6.45) is 0.677. The number of carboxylic acid groups (broad SMARTS) is 1. The molecule has 0 spiro atoms. The van der Waals surface area contributed by atoms with E-state index in [9.17, 15) is 4.79 Å². The smallest absolute Gasteiger partial charge is 0.303 e. The van der Waals surface area contributed by atoms with Gasteiger partial charge in [-0.25, -0.2) is 4.98 Å². The van der Waals surface area contributed by atoms with Gasteiger partial charge in [0.25, 0.3) is 0 Å². The summed E-state index contributed by atoms with van der Waals surface area (Å²) in [4.78, 5) is 18.7. The van der Waals surface area contributed by atoms with Gasteiger partial charge in [-0.05, 0) is 20.3 Å². The molecule has 0 aliphatic carbocycles. The Morgan fingerprint density at radius 1 is 1.59 bits per heavy atom. The Balaban J connectivity index is 2.61. The zero-order valence-corrected chi connectivity index (χ0v) is 10.2. The monoisotopic (exact) mass is 239 g/mol. The van der Waals surface area contributed by atoms with Gasteiger partial charge in [0.1, 0.15) is 11.6 Å². The van der Waals surface area contributed by atoms with Gasteiger partial charge in [0, 0.05) is 18.5 Å². The molecule has 0 saturated carbocycles. The van der Waals surface area contributed by atoms with Crippen molar-refractivity contribution in [3.05, 3.63) is 11.9 Å². The topological polar surface area (TPSA) is 84.3 Å². The number of aliphatic carboxylic acids is 1. The van der Waals surface area contributed by atoms with E-state index in [1.54, 1.807) is 20.1 Å². The molecule has 6 heteroatoms. The third kappa shape index (κ3) is 4.67. The van der Waals surface area contributed by atoms with Gasteiger partial charge in [-0.15, -0.1) is 0 Å². The van der Waals surface area contributed by atoms with Crippen molar-refractivity contribution >= 4 is 11.8 Å². The van der Waals surface area contributed by atoms with Crippen molar-refractivity contribution in [1.82, 2.24) is 9.97 Å². The molecule has 0 aliphatic rings. The molecule has 0 aliphatic heterocycles. The maximum atomic E-state index is 10.4. The van der Waals surface area contributed by atoms with Crippen molar-refractivity contribution in [2.45, 2.75) is 32.7 Å². The number of hydrogen-bond donors (Lipinski definition) is 2. The summed E-state index contributed by atoms with van der Waals surface area (Å²) in [6.45, 7) is 3.68. The minimum atomic E-state index is -0.796. The van der Waals surface area contributed by atoms with Crippen LogP contribution in [0.1, 0.15) is 25.6 Å². The number of rotatable bonds is 6. The van der Waals surface area contributed by atoms with Gasteiger partial charge in [0.05, 0.1) is 7.11 Å². The molecule has 1 aromatic heterocycles. The van der Waals surface area contributed by atoms with Crippen LogP contribution in [0.5, 0.6) is 5.88 Å². The lowest BCUT2D eigenvalue weighted by Gasteiger charge is -2.14. The van der Waals surface area contributed by atoms with E-state index in [-0.39, 0.29) is 12.5 Å². The molecule has 1 aromatic rings. The van der Waals surface area contributed by atoms with Crippen molar-refractivity contribution in [2.75, 3.05) is 12.4 Å². The number of anilines is 1. The first-order chi connectivity index (χ1) is 8.01. The second kappa shape index (κ2) is 6.03. The number of hydrogen-bond acceptors (Lipinski definition) is 5. The molecule has 0 radical (unpaired) electrons. The van der Waals surface area contributed by atoms with Crippen LogP contribution in [0.25, 0.3) is 0 Å². The standard InChI is InChI=1S/C11H17N3O3/c1-7(4-5-11(15)16)12-9-6-10(17-3)14-8(2)13-9/h6-7H,4-5H2,1-3H3,(H,15,16)(H,12,13,14). The molecule has 1 heterocycles. The molecule has 6 nitrogen and oxygen atoms in total. The van der Waals surface area contributed by atoms with E-state index in [2.05, 4.69) is 15.3 Å². The Labute approximate surface area is 100 Å². The third-order valence-corrected chi connectivity index (χ3v) is 2.21. The number of ether oxygens (including phenoxy) is 1. The maximum absolute atomic E-state index is 10.4. The zero-order valence-electron chi connectivity index (χ0n) is 10.2. The van der Waals surface area contributed by atoms with Crippen LogP contribution in [-0.4, -0.2) is 34.2 Å². The molecule has 1 unspecified atom stereocenters. The number of aryl methyl sites for hydroxylation is 1. The van der Waals surface area contributed by atoms with Gasteiger partial charge < -0.3 is 15.2 Å². The van der Waals surface area contributed by atoms with Crippen LogP contribution in [0.4, 0.5) is 5.82 Å². The molecule has 0 fully saturated rings. The average molecular weight is 239 g/mol.